The fourth-order valence-electron chi connectivity index (χ4n) is 9.18. The summed E-state index contributed by atoms with van der Waals surface area (Å²) in [6.45, 7) is 9.70. The van der Waals surface area contributed by atoms with Crippen LogP contribution in [0.3, 0.4) is 0 Å². The van der Waals surface area contributed by atoms with E-state index in [-0.39, 0.29) is 30.0 Å². The van der Waals surface area contributed by atoms with Gasteiger partial charge in [0, 0.05) is 13.0 Å². The maximum Gasteiger partial charge on any atom is 0.344 e. The van der Waals surface area contributed by atoms with E-state index in [1.54, 1.807) is 14.0 Å². The summed E-state index contributed by atoms with van der Waals surface area (Å²) in [7, 11) is 1.60. The summed E-state index contributed by atoms with van der Waals surface area (Å²) in [6.07, 6.45) is 9.73. The van der Waals surface area contributed by atoms with Gasteiger partial charge in [0.1, 0.15) is 18.0 Å². The van der Waals surface area contributed by atoms with Crippen LogP contribution in [0.5, 0.6) is 0 Å². The van der Waals surface area contributed by atoms with Gasteiger partial charge in [0.05, 0.1) is 26.4 Å². The molecule has 222 valence electrons. The highest BCUT2D eigenvalue weighted by molar-refractivity contribution is 5.79. The molecule has 0 aliphatic heterocycles. The van der Waals surface area contributed by atoms with Gasteiger partial charge in [-0.2, -0.15) is 0 Å². The molecular formula is C31H50O8. The Bertz CT molecular complexity index is 890. The fourth-order valence-corrected chi connectivity index (χ4v) is 9.18. The van der Waals surface area contributed by atoms with Gasteiger partial charge in [-0.05, 0) is 106 Å². The molecule has 0 saturated heterocycles. The minimum atomic E-state index is -0.591. The zero-order valence-electron chi connectivity index (χ0n) is 24.8. The largest absolute Gasteiger partial charge is 0.457 e. The molecule has 0 N–H and O–H groups in total. The number of fused-ring (bicyclic) bond motifs is 5. The summed E-state index contributed by atoms with van der Waals surface area (Å²) in [5.41, 5.74) is -0.108. The molecule has 4 aliphatic rings. The second-order valence-electron chi connectivity index (χ2n) is 13.4. The van der Waals surface area contributed by atoms with E-state index in [1.165, 1.54) is 19.3 Å². The Balaban J connectivity index is 1.24. The normalized spacial score (nSPS) is 39.3. The highest BCUT2D eigenvalue weighted by Crippen LogP contribution is 2.68. The van der Waals surface area contributed by atoms with Crippen LogP contribution in [0.1, 0.15) is 85.5 Å². The van der Waals surface area contributed by atoms with Crippen molar-refractivity contribution >= 4 is 17.7 Å². The number of Topliss-reactive ketones (excluding diaryl/α,β-unsaturated/α-hetero) is 1. The molecule has 0 aromatic heterocycles. The van der Waals surface area contributed by atoms with Gasteiger partial charge < -0.3 is 23.7 Å². The molecule has 0 aromatic rings. The zero-order chi connectivity index (χ0) is 28.3. The molecule has 8 heteroatoms. The third-order valence-corrected chi connectivity index (χ3v) is 11.2. The van der Waals surface area contributed by atoms with Crippen molar-refractivity contribution < 1.29 is 38.1 Å². The van der Waals surface area contributed by atoms with Gasteiger partial charge in [-0.1, -0.05) is 13.8 Å². The number of methoxy groups -OCH3 is 1. The van der Waals surface area contributed by atoms with Crippen molar-refractivity contribution in [3.63, 3.8) is 0 Å². The Hall–Kier alpha value is -1.51. The van der Waals surface area contributed by atoms with Crippen molar-refractivity contribution in [2.45, 2.75) is 91.1 Å². The number of ether oxygens (including phenoxy) is 5. The van der Waals surface area contributed by atoms with Gasteiger partial charge in [-0.3, -0.25) is 4.79 Å². The molecule has 0 heterocycles. The minimum absolute atomic E-state index is 0.176. The van der Waals surface area contributed by atoms with E-state index in [2.05, 4.69) is 13.8 Å². The molecule has 4 saturated carbocycles. The number of hydrogen-bond acceptors (Lipinski definition) is 8. The van der Waals surface area contributed by atoms with Gasteiger partial charge in [0.25, 0.3) is 0 Å². The van der Waals surface area contributed by atoms with Crippen LogP contribution in [0.25, 0.3) is 0 Å². The van der Waals surface area contributed by atoms with Crippen molar-refractivity contribution in [3.05, 3.63) is 0 Å². The number of carbonyl (C=O) groups is 3. The molecule has 0 radical (unpaired) electrons. The van der Waals surface area contributed by atoms with Crippen LogP contribution in [0.4, 0.5) is 0 Å². The lowest BCUT2D eigenvalue weighted by atomic mass is 9.44. The van der Waals surface area contributed by atoms with Crippen LogP contribution < -0.4 is 0 Å². The summed E-state index contributed by atoms with van der Waals surface area (Å²) >= 11 is 0. The van der Waals surface area contributed by atoms with Crippen LogP contribution in [-0.4, -0.2) is 70.1 Å². The molecule has 4 rings (SSSR count). The average molecular weight is 551 g/mol. The predicted molar refractivity (Wildman–Crippen MR) is 145 cm³/mol. The first kappa shape index (κ1) is 30.4. The summed E-state index contributed by atoms with van der Waals surface area (Å²) < 4.78 is 26.4. The van der Waals surface area contributed by atoms with Gasteiger partial charge in [0.15, 0.2) is 6.61 Å². The number of hydrogen-bond donors (Lipinski definition) is 0. The number of esters is 2. The molecule has 0 aromatic carbocycles. The smallest absolute Gasteiger partial charge is 0.344 e. The molecule has 4 fully saturated rings. The standard InChI is InChI=1S/C31H50O8/c1-21(32)24-8-9-25-23-7-6-22-18-29(2,12-13-30(22,3)26(23)10-11-31(24,25)4)39-28(34)20-38-27(33)19-37-17-16-36-15-14-35-5/h22-26H,6-20H2,1-5H3/t22-,23-,24+,25-,26-,29+,30-,31+/m0/s1. The van der Waals surface area contributed by atoms with E-state index in [9.17, 15) is 14.4 Å². The van der Waals surface area contributed by atoms with Crippen LogP contribution >= 0.6 is 0 Å². The topological polar surface area (TPSA) is 97.4 Å². The van der Waals surface area contributed by atoms with E-state index in [0.29, 0.717) is 49.3 Å². The molecule has 4 aliphatic carbocycles. The second-order valence-corrected chi connectivity index (χ2v) is 13.4. The summed E-state index contributed by atoms with van der Waals surface area (Å²) in [5, 5.41) is 0. The second kappa shape index (κ2) is 12.6. The van der Waals surface area contributed by atoms with Crippen LogP contribution in [-0.2, 0) is 38.1 Å². The molecule has 8 atom stereocenters. The maximum absolute atomic E-state index is 12.6. The van der Waals surface area contributed by atoms with Crippen LogP contribution in [0.2, 0.25) is 0 Å². The molecular weight excluding hydrogens is 500 g/mol. The van der Waals surface area contributed by atoms with Crippen LogP contribution in [0.15, 0.2) is 0 Å². The maximum atomic E-state index is 12.6. The van der Waals surface area contributed by atoms with Gasteiger partial charge >= 0.3 is 11.9 Å². The lowest BCUT2D eigenvalue weighted by Crippen LogP contribution is -2.56. The van der Waals surface area contributed by atoms with Crippen molar-refractivity contribution in [1.29, 1.82) is 0 Å². The SMILES string of the molecule is COCCOCCOCC(=O)OCC(=O)O[C@]1(C)CC[C@@]2(C)[C@@H](CC[C@@H]3[C@@H]2CC[C@]2(C)[C@@H](C(C)=O)CC[C@@H]32)C1. The first-order valence-electron chi connectivity index (χ1n) is 15.0. The van der Waals surface area contributed by atoms with Crippen molar-refractivity contribution in [2.75, 3.05) is 46.8 Å². The Morgan fingerprint density at radius 3 is 2.21 bits per heavy atom. The van der Waals surface area contributed by atoms with E-state index in [0.717, 1.165) is 38.5 Å². The van der Waals surface area contributed by atoms with Gasteiger partial charge in [-0.25, -0.2) is 9.59 Å². The number of carbonyl (C=O) groups excluding carboxylic acids is 3. The van der Waals surface area contributed by atoms with Gasteiger partial charge in [-0.15, -0.1) is 0 Å². The third kappa shape index (κ3) is 6.54. The summed E-state index contributed by atoms with van der Waals surface area (Å²) in [6, 6.07) is 0. The number of rotatable bonds is 12. The fraction of sp³-hybridized carbons (Fsp3) is 0.903. The van der Waals surface area contributed by atoms with Crippen molar-refractivity contribution in [2.24, 2.45) is 40.4 Å². The van der Waals surface area contributed by atoms with Gasteiger partial charge in [0.2, 0.25) is 0 Å². The first-order valence-corrected chi connectivity index (χ1v) is 15.0. The molecule has 0 spiro atoms. The van der Waals surface area contributed by atoms with E-state index >= 15 is 0 Å². The average Bonchev–Trinajstić information content (AvgIpc) is 3.25. The van der Waals surface area contributed by atoms with E-state index in [4.69, 9.17) is 23.7 Å². The lowest BCUT2D eigenvalue weighted by Gasteiger charge is -2.62. The summed E-state index contributed by atoms with van der Waals surface area (Å²) in [5.74, 6) is 2.11. The molecule has 39 heavy (non-hydrogen) atoms. The van der Waals surface area contributed by atoms with E-state index in [1.807, 2.05) is 6.92 Å². The van der Waals surface area contributed by atoms with Crippen molar-refractivity contribution in [3.8, 4) is 0 Å². The molecule has 0 unspecified atom stereocenters. The third-order valence-electron chi connectivity index (χ3n) is 11.2. The Labute approximate surface area is 234 Å². The minimum Gasteiger partial charge on any atom is -0.457 e. The monoisotopic (exact) mass is 550 g/mol. The lowest BCUT2D eigenvalue weighted by molar-refractivity contribution is -0.187. The zero-order valence-corrected chi connectivity index (χ0v) is 24.8. The quantitative estimate of drug-likeness (QED) is 0.253. The van der Waals surface area contributed by atoms with Crippen molar-refractivity contribution in [1.82, 2.24) is 0 Å². The van der Waals surface area contributed by atoms with E-state index < -0.39 is 24.1 Å². The molecule has 0 bridgehead atoms. The Morgan fingerprint density at radius 1 is 0.744 bits per heavy atom. The predicted octanol–water partition coefficient (Wildman–Crippen LogP) is 4.76. The first-order chi connectivity index (χ1) is 18.5. The Morgan fingerprint density at radius 2 is 1.46 bits per heavy atom. The Kier molecular flexibility index (Phi) is 9.81. The highest BCUT2D eigenvalue weighted by Gasteiger charge is 2.61. The molecule has 0 amide bonds. The molecule has 8 nitrogen and oxygen atoms in total. The number of ketones is 1. The highest BCUT2D eigenvalue weighted by atomic mass is 16.6. The summed E-state index contributed by atoms with van der Waals surface area (Å²) in [4.78, 5) is 37.0. The van der Waals surface area contributed by atoms with Crippen LogP contribution in [0, 0.1) is 40.4 Å².